The molecule has 0 atom stereocenters. The van der Waals surface area contributed by atoms with Crippen molar-refractivity contribution in [3.63, 3.8) is 0 Å². The first-order chi connectivity index (χ1) is 14.9. The quantitative estimate of drug-likeness (QED) is 0.388. The molecule has 6 rings (SSSR count). The molecule has 4 aliphatic heterocycles. The molecule has 0 saturated heterocycles. The second kappa shape index (κ2) is 14.2. The van der Waals surface area contributed by atoms with Crippen molar-refractivity contribution >= 4 is 0 Å². The van der Waals surface area contributed by atoms with E-state index in [-0.39, 0.29) is 0 Å². The van der Waals surface area contributed by atoms with Crippen LogP contribution < -0.4 is 31.9 Å². The second-order valence-corrected chi connectivity index (χ2v) is 7.84. The van der Waals surface area contributed by atoms with Gasteiger partial charge in [-0.15, -0.1) is 0 Å². The largest absolute Gasteiger partial charge is 0.314 e. The van der Waals surface area contributed by atoms with E-state index in [1.165, 1.54) is 22.3 Å². The maximum absolute atomic E-state index is 3.51. The predicted molar refractivity (Wildman–Crippen MR) is 125 cm³/mol. The summed E-state index contributed by atoms with van der Waals surface area (Å²) in [4.78, 5) is 0. The van der Waals surface area contributed by atoms with Crippen LogP contribution in [0.15, 0.2) is 48.5 Å². The highest BCUT2D eigenvalue weighted by Gasteiger charge is 1.98. The Morgan fingerprint density at radius 3 is 0.733 bits per heavy atom. The summed E-state index contributed by atoms with van der Waals surface area (Å²) < 4.78 is 0. The molecule has 4 bridgehead atoms. The van der Waals surface area contributed by atoms with Gasteiger partial charge in [-0.3, -0.25) is 0 Å². The van der Waals surface area contributed by atoms with Crippen LogP contribution in [0.4, 0.5) is 0 Å². The molecule has 0 amide bonds. The second-order valence-electron chi connectivity index (χ2n) is 7.84. The Labute approximate surface area is 181 Å². The Bertz CT molecular complexity index is 566. The third-order valence-corrected chi connectivity index (χ3v) is 5.28. The minimum absolute atomic E-state index is 0.918. The first-order valence-corrected chi connectivity index (χ1v) is 11.3. The highest BCUT2D eigenvalue weighted by atomic mass is 15.0. The molecule has 0 unspecified atom stereocenters. The Hall–Kier alpha value is -1.80. The van der Waals surface area contributed by atoms with Gasteiger partial charge >= 0.3 is 0 Å². The van der Waals surface area contributed by atoms with Crippen LogP contribution in [0.5, 0.6) is 0 Å². The predicted octanol–water partition coefficient (Wildman–Crippen LogP) is 0.938. The molecule has 164 valence electrons. The minimum Gasteiger partial charge on any atom is -0.314 e. The van der Waals surface area contributed by atoms with Crippen molar-refractivity contribution in [1.82, 2.24) is 31.9 Å². The first-order valence-electron chi connectivity index (χ1n) is 11.3. The summed E-state index contributed by atoms with van der Waals surface area (Å²) in [7, 11) is 0. The van der Waals surface area contributed by atoms with E-state index in [4.69, 9.17) is 0 Å². The fraction of sp³-hybridized carbons (Fsp3) is 0.500. The van der Waals surface area contributed by atoms with Crippen molar-refractivity contribution < 1.29 is 0 Å². The van der Waals surface area contributed by atoms with Gasteiger partial charge in [0, 0.05) is 78.5 Å². The SMILES string of the molecule is c1cc2ccc1CNCCNCCNCc1ccc(cc1)CNCCNCCNC2. The van der Waals surface area contributed by atoms with Gasteiger partial charge in [-0.25, -0.2) is 0 Å². The third kappa shape index (κ3) is 9.34. The van der Waals surface area contributed by atoms with Crippen molar-refractivity contribution in [1.29, 1.82) is 0 Å². The van der Waals surface area contributed by atoms with Gasteiger partial charge in [0.1, 0.15) is 0 Å². The molecule has 0 aliphatic carbocycles. The molecular formula is C24H38N6. The highest BCUT2D eigenvalue weighted by Crippen LogP contribution is 2.05. The molecule has 0 fully saturated rings. The van der Waals surface area contributed by atoms with E-state index in [0.717, 1.165) is 78.5 Å². The average molecular weight is 411 g/mol. The van der Waals surface area contributed by atoms with Gasteiger partial charge in [0.25, 0.3) is 0 Å². The molecule has 6 heteroatoms. The van der Waals surface area contributed by atoms with Crippen LogP contribution in [0, 0.1) is 0 Å². The van der Waals surface area contributed by atoms with Crippen LogP contribution in [-0.2, 0) is 26.2 Å². The molecule has 2 aromatic rings. The van der Waals surface area contributed by atoms with Gasteiger partial charge in [0.05, 0.1) is 0 Å². The molecule has 6 nitrogen and oxygen atoms in total. The van der Waals surface area contributed by atoms with E-state index in [1.54, 1.807) is 0 Å². The normalized spacial score (nSPS) is 18.9. The standard InChI is InChI=1S/C24H38N6/c1-2-22-4-3-21(1)17-27-13-9-25-11-15-29-19-23-5-7-24(8-6-23)20-30-16-12-26-10-14-28-18-22/h1-8,25-30H,9-20H2. The van der Waals surface area contributed by atoms with Crippen LogP contribution in [0.2, 0.25) is 0 Å². The zero-order valence-electron chi connectivity index (χ0n) is 18.1. The van der Waals surface area contributed by atoms with Crippen LogP contribution >= 0.6 is 0 Å². The van der Waals surface area contributed by atoms with E-state index in [0.29, 0.717) is 0 Å². The highest BCUT2D eigenvalue weighted by molar-refractivity contribution is 5.23. The summed E-state index contributed by atoms with van der Waals surface area (Å²) in [5, 5.41) is 21.0. The van der Waals surface area contributed by atoms with E-state index >= 15 is 0 Å². The molecule has 0 saturated carbocycles. The van der Waals surface area contributed by atoms with Crippen LogP contribution in [0.3, 0.4) is 0 Å². The van der Waals surface area contributed by atoms with E-state index in [2.05, 4.69) is 80.4 Å². The van der Waals surface area contributed by atoms with E-state index in [9.17, 15) is 0 Å². The lowest BCUT2D eigenvalue weighted by Crippen LogP contribution is -2.32. The van der Waals surface area contributed by atoms with Crippen LogP contribution in [0.25, 0.3) is 0 Å². The minimum atomic E-state index is 0.918. The van der Waals surface area contributed by atoms with Gasteiger partial charge in [0.15, 0.2) is 0 Å². The van der Waals surface area contributed by atoms with Crippen molar-refractivity contribution in [3.05, 3.63) is 70.8 Å². The number of hydrogen-bond donors (Lipinski definition) is 6. The van der Waals surface area contributed by atoms with Gasteiger partial charge in [0.2, 0.25) is 0 Å². The maximum Gasteiger partial charge on any atom is 0.0206 e. The first kappa shape index (κ1) is 22.9. The van der Waals surface area contributed by atoms with Crippen LogP contribution in [0.1, 0.15) is 22.3 Å². The Kier molecular flexibility index (Phi) is 10.9. The zero-order valence-corrected chi connectivity index (χ0v) is 18.1. The number of nitrogens with one attached hydrogen (secondary N) is 6. The Morgan fingerprint density at radius 1 is 0.300 bits per heavy atom. The molecule has 4 aliphatic rings. The van der Waals surface area contributed by atoms with Crippen molar-refractivity contribution in [2.75, 3.05) is 52.4 Å². The lowest BCUT2D eigenvalue weighted by Gasteiger charge is -2.11. The molecule has 0 radical (unpaired) electrons. The summed E-state index contributed by atoms with van der Waals surface area (Å²) in [6.07, 6.45) is 0. The molecule has 2 aromatic carbocycles. The summed E-state index contributed by atoms with van der Waals surface area (Å²) >= 11 is 0. The number of benzene rings is 2. The maximum atomic E-state index is 3.51. The van der Waals surface area contributed by atoms with Crippen molar-refractivity contribution in [2.24, 2.45) is 0 Å². The van der Waals surface area contributed by atoms with Crippen molar-refractivity contribution in [2.45, 2.75) is 26.2 Å². The Balaban J connectivity index is 1.42. The van der Waals surface area contributed by atoms with Crippen LogP contribution in [-0.4, -0.2) is 52.4 Å². The fourth-order valence-corrected chi connectivity index (χ4v) is 3.44. The third-order valence-electron chi connectivity index (χ3n) is 5.28. The fourth-order valence-electron chi connectivity index (χ4n) is 3.44. The number of hydrogen-bond acceptors (Lipinski definition) is 6. The summed E-state index contributed by atoms with van der Waals surface area (Å²) in [5.74, 6) is 0. The molecule has 0 spiro atoms. The van der Waals surface area contributed by atoms with Crippen molar-refractivity contribution in [3.8, 4) is 0 Å². The molecule has 0 aromatic heterocycles. The van der Waals surface area contributed by atoms with E-state index in [1.807, 2.05) is 0 Å². The molecule has 4 heterocycles. The molecule has 6 N–H and O–H groups in total. The van der Waals surface area contributed by atoms with Gasteiger partial charge in [-0.05, 0) is 22.3 Å². The number of rotatable bonds is 0. The summed E-state index contributed by atoms with van der Waals surface area (Å²) in [6.45, 7) is 11.5. The summed E-state index contributed by atoms with van der Waals surface area (Å²) in [5.41, 5.74) is 5.34. The van der Waals surface area contributed by atoms with Gasteiger partial charge in [-0.2, -0.15) is 0 Å². The lowest BCUT2D eigenvalue weighted by molar-refractivity contribution is 0.578. The topological polar surface area (TPSA) is 72.2 Å². The molecular weight excluding hydrogens is 372 g/mol. The molecule has 30 heavy (non-hydrogen) atoms. The monoisotopic (exact) mass is 410 g/mol. The average Bonchev–Trinajstić information content (AvgIpc) is 2.78. The summed E-state index contributed by atoms with van der Waals surface area (Å²) in [6, 6.07) is 17.8. The smallest absolute Gasteiger partial charge is 0.0206 e. The van der Waals surface area contributed by atoms with E-state index < -0.39 is 0 Å². The zero-order chi connectivity index (χ0) is 20.7. The lowest BCUT2D eigenvalue weighted by atomic mass is 10.1. The van der Waals surface area contributed by atoms with Gasteiger partial charge < -0.3 is 31.9 Å². The Morgan fingerprint density at radius 2 is 0.500 bits per heavy atom. The van der Waals surface area contributed by atoms with Gasteiger partial charge in [-0.1, -0.05) is 48.5 Å².